The van der Waals surface area contributed by atoms with Crippen LogP contribution in [0.5, 0.6) is 0 Å². The van der Waals surface area contributed by atoms with Gasteiger partial charge in [-0.3, -0.25) is 0 Å². The summed E-state index contributed by atoms with van der Waals surface area (Å²) in [5.74, 6) is 0.731. The fourth-order valence-corrected chi connectivity index (χ4v) is 2.39. The summed E-state index contributed by atoms with van der Waals surface area (Å²) in [5.41, 5.74) is 0. The summed E-state index contributed by atoms with van der Waals surface area (Å²) < 4.78 is 22.3. The molecule has 0 amide bonds. The molecule has 0 N–H and O–H groups in total. The lowest BCUT2D eigenvalue weighted by molar-refractivity contribution is 0.602. The van der Waals surface area contributed by atoms with Crippen molar-refractivity contribution in [3.8, 4) is 6.07 Å². The number of nitrogens with zero attached hydrogens (tertiary/aromatic N) is 1. The van der Waals surface area contributed by atoms with E-state index in [1.807, 2.05) is 0 Å². The zero-order valence-electron chi connectivity index (χ0n) is 8.30. The Morgan fingerprint density at radius 3 is 2.40 bits per heavy atom. The topological polar surface area (TPSA) is 57.9 Å². The molecule has 5 heteroatoms. The predicted octanol–water partition coefficient (Wildman–Crippen LogP) is 2.10. The molecular weight excluding hydrogens is 230 g/mol. The Kier molecular flexibility index (Phi) is 4.18. The van der Waals surface area contributed by atoms with E-state index in [0.717, 1.165) is 10.6 Å². The van der Waals surface area contributed by atoms with Crippen molar-refractivity contribution in [2.45, 2.75) is 16.2 Å². The van der Waals surface area contributed by atoms with Crippen LogP contribution in [-0.2, 0) is 9.84 Å². The molecule has 0 atom stereocenters. The molecule has 1 aromatic rings. The van der Waals surface area contributed by atoms with Crippen molar-refractivity contribution in [3.63, 3.8) is 0 Å². The molecule has 0 unspecified atom stereocenters. The number of benzene rings is 1. The highest BCUT2D eigenvalue weighted by atomic mass is 32.2. The van der Waals surface area contributed by atoms with E-state index < -0.39 is 9.84 Å². The number of rotatable bonds is 4. The minimum absolute atomic E-state index is 0.326. The van der Waals surface area contributed by atoms with Gasteiger partial charge in [0.05, 0.1) is 11.0 Å². The molecule has 1 rings (SSSR count). The van der Waals surface area contributed by atoms with Crippen molar-refractivity contribution < 1.29 is 8.42 Å². The zero-order chi connectivity index (χ0) is 11.3. The van der Waals surface area contributed by atoms with E-state index in [4.69, 9.17) is 5.26 Å². The first-order valence-corrected chi connectivity index (χ1v) is 7.21. The van der Waals surface area contributed by atoms with Gasteiger partial charge in [-0.25, -0.2) is 8.42 Å². The van der Waals surface area contributed by atoms with Crippen molar-refractivity contribution in [3.05, 3.63) is 24.3 Å². The quantitative estimate of drug-likeness (QED) is 0.598. The molecule has 0 saturated carbocycles. The van der Waals surface area contributed by atoms with Crippen molar-refractivity contribution in [1.82, 2.24) is 0 Å². The Bertz CT molecular complexity index is 457. The van der Waals surface area contributed by atoms with Gasteiger partial charge in [-0.05, 0) is 24.3 Å². The van der Waals surface area contributed by atoms with E-state index in [9.17, 15) is 8.42 Å². The summed E-state index contributed by atoms with van der Waals surface area (Å²) in [7, 11) is -3.11. The van der Waals surface area contributed by atoms with Gasteiger partial charge in [-0.2, -0.15) is 5.26 Å². The second-order valence-electron chi connectivity index (χ2n) is 3.00. The minimum atomic E-state index is -3.11. The monoisotopic (exact) mass is 241 g/mol. The van der Waals surface area contributed by atoms with Crippen LogP contribution < -0.4 is 0 Å². The minimum Gasteiger partial charge on any atom is -0.224 e. The molecule has 1 aromatic carbocycles. The standard InChI is InChI=1S/C10H11NO2S2/c1-15(12,13)10-5-3-9(4-6-10)14-8-2-7-11/h3-6H,2,8H2,1H3. The molecule has 3 nitrogen and oxygen atoms in total. The molecule has 0 aliphatic heterocycles. The Balaban J connectivity index is 2.70. The van der Waals surface area contributed by atoms with Crippen LogP contribution in [0.2, 0.25) is 0 Å². The first-order valence-electron chi connectivity index (χ1n) is 4.34. The van der Waals surface area contributed by atoms with Crippen molar-refractivity contribution in [2.24, 2.45) is 0 Å². The van der Waals surface area contributed by atoms with Crippen LogP contribution in [0.1, 0.15) is 6.42 Å². The summed E-state index contributed by atoms with van der Waals surface area (Å²) in [6.45, 7) is 0. The summed E-state index contributed by atoms with van der Waals surface area (Å²) in [5, 5.41) is 8.35. The second kappa shape index (κ2) is 5.19. The molecule has 0 aliphatic rings. The first-order chi connectivity index (χ1) is 7.04. The normalized spacial score (nSPS) is 10.9. The smallest absolute Gasteiger partial charge is 0.175 e. The fraction of sp³-hybridized carbons (Fsp3) is 0.300. The fourth-order valence-electron chi connectivity index (χ4n) is 0.998. The maximum absolute atomic E-state index is 11.2. The summed E-state index contributed by atoms with van der Waals surface area (Å²) in [6, 6.07) is 8.76. The van der Waals surface area contributed by atoms with E-state index in [1.165, 1.54) is 6.26 Å². The Morgan fingerprint density at radius 1 is 1.33 bits per heavy atom. The average molecular weight is 241 g/mol. The lowest BCUT2D eigenvalue weighted by Crippen LogP contribution is -1.95. The highest BCUT2D eigenvalue weighted by Crippen LogP contribution is 2.20. The molecular formula is C10H11NO2S2. The first kappa shape index (κ1) is 12.1. The van der Waals surface area contributed by atoms with Gasteiger partial charge in [0.15, 0.2) is 9.84 Å². The number of sulfone groups is 1. The Morgan fingerprint density at radius 2 is 1.93 bits per heavy atom. The van der Waals surface area contributed by atoms with Crippen LogP contribution in [0, 0.1) is 11.3 Å². The number of hydrogen-bond acceptors (Lipinski definition) is 4. The second-order valence-corrected chi connectivity index (χ2v) is 6.18. The van der Waals surface area contributed by atoms with Crippen molar-refractivity contribution in [1.29, 1.82) is 5.26 Å². The maximum atomic E-state index is 11.2. The number of hydrogen-bond donors (Lipinski definition) is 0. The molecule has 0 saturated heterocycles. The van der Waals surface area contributed by atoms with Gasteiger partial charge in [0.1, 0.15) is 0 Å². The molecule has 0 aromatic heterocycles. The molecule has 0 bridgehead atoms. The van der Waals surface area contributed by atoms with Crippen LogP contribution >= 0.6 is 11.8 Å². The number of thioether (sulfide) groups is 1. The maximum Gasteiger partial charge on any atom is 0.175 e. The molecule has 0 heterocycles. The third kappa shape index (κ3) is 3.94. The molecule has 0 fully saturated rings. The van der Waals surface area contributed by atoms with E-state index >= 15 is 0 Å². The van der Waals surface area contributed by atoms with Gasteiger partial charge in [0, 0.05) is 23.3 Å². The van der Waals surface area contributed by atoms with Crippen LogP contribution in [0.25, 0.3) is 0 Å². The third-order valence-electron chi connectivity index (χ3n) is 1.73. The van der Waals surface area contributed by atoms with E-state index in [1.54, 1.807) is 36.0 Å². The highest BCUT2D eigenvalue weighted by molar-refractivity contribution is 7.99. The largest absolute Gasteiger partial charge is 0.224 e. The highest BCUT2D eigenvalue weighted by Gasteiger charge is 2.05. The summed E-state index contributed by atoms with van der Waals surface area (Å²) in [4.78, 5) is 1.31. The van der Waals surface area contributed by atoms with Crippen LogP contribution in [-0.4, -0.2) is 20.4 Å². The van der Waals surface area contributed by atoms with Gasteiger partial charge < -0.3 is 0 Å². The van der Waals surface area contributed by atoms with E-state index in [2.05, 4.69) is 6.07 Å². The lowest BCUT2D eigenvalue weighted by atomic mass is 10.4. The zero-order valence-corrected chi connectivity index (χ0v) is 9.94. The lowest BCUT2D eigenvalue weighted by Gasteiger charge is -2.01. The Hall–Kier alpha value is -0.990. The Labute approximate surface area is 94.0 Å². The summed E-state index contributed by atoms with van der Waals surface area (Å²) >= 11 is 1.55. The SMILES string of the molecule is CS(=O)(=O)c1ccc(SCCC#N)cc1. The van der Waals surface area contributed by atoms with Gasteiger partial charge in [0.25, 0.3) is 0 Å². The molecule has 0 spiro atoms. The number of nitriles is 1. The molecule has 15 heavy (non-hydrogen) atoms. The van der Waals surface area contributed by atoms with Crippen molar-refractivity contribution >= 4 is 21.6 Å². The van der Waals surface area contributed by atoms with E-state index in [-0.39, 0.29) is 0 Å². The van der Waals surface area contributed by atoms with Crippen LogP contribution in [0.3, 0.4) is 0 Å². The van der Waals surface area contributed by atoms with E-state index in [0.29, 0.717) is 11.3 Å². The van der Waals surface area contributed by atoms with Gasteiger partial charge in [0.2, 0.25) is 0 Å². The third-order valence-corrected chi connectivity index (χ3v) is 3.88. The van der Waals surface area contributed by atoms with Gasteiger partial charge in [-0.1, -0.05) is 0 Å². The van der Waals surface area contributed by atoms with Crippen LogP contribution in [0.15, 0.2) is 34.1 Å². The summed E-state index contributed by atoms with van der Waals surface area (Å²) in [6.07, 6.45) is 1.68. The molecule has 0 radical (unpaired) electrons. The predicted molar refractivity (Wildman–Crippen MR) is 60.5 cm³/mol. The van der Waals surface area contributed by atoms with Crippen LogP contribution in [0.4, 0.5) is 0 Å². The molecule has 0 aliphatic carbocycles. The van der Waals surface area contributed by atoms with Crippen molar-refractivity contribution in [2.75, 3.05) is 12.0 Å². The molecule has 80 valence electrons. The average Bonchev–Trinajstić information content (AvgIpc) is 2.18. The van der Waals surface area contributed by atoms with Gasteiger partial charge >= 0.3 is 0 Å². The van der Waals surface area contributed by atoms with Gasteiger partial charge in [-0.15, -0.1) is 11.8 Å².